The van der Waals surface area contributed by atoms with Gasteiger partial charge >= 0.3 is 0 Å². The normalized spacial score (nSPS) is 11.5. The topological polar surface area (TPSA) is 76.8 Å². The molecule has 0 radical (unpaired) electrons. The van der Waals surface area contributed by atoms with E-state index >= 15 is 0 Å². The van der Waals surface area contributed by atoms with Gasteiger partial charge in [0.1, 0.15) is 22.8 Å². The lowest BCUT2D eigenvalue weighted by atomic mass is 10.2. The van der Waals surface area contributed by atoms with Crippen LogP contribution < -0.4 is 9.04 Å². The number of rotatable bonds is 7. The fourth-order valence-electron chi connectivity index (χ4n) is 3.03. The number of sulfonamides is 1. The molecule has 0 aliphatic carbocycles. The van der Waals surface area contributed by atoms with Gasteiger partial charge in [-0.25, -0.2) is 12.8 Å². The first-order chi connectivity index (χ1) is 14.5. The van der Waals surface area contributed by atoms with Gasteiger partial charge in [0.05, 0.1) is 18.8 Å². The first-order valence-electron chi connectivity index (χ1n) is 9.27. The number of halogens is 1. The largest absolute Gasteiger partial charge is 0.494 e. The highest BCUT2D eigenvalue weighted by Gasteiger charge is 2.26. The number of benzene rings is 2. The number of hydrogen-bond acceptors (Lipinski definition) is 5. The van der Waals surface area contributed by atoms with E-state index in [1.165, 1.54) is 35.0 Å². The highest BCUT2D eigenvalue weighted by Crippen LogP contribution is 2.28. The van der Waals surface area contributed by atoms with Crippen LogP contribution in [-0.4, -0.2) is 29.6 Å². The van der Waals surface area contributed by atoms with Crippen LogP contribution in [0.5, 0.6) is 5.75 Å². The van der Waals surface area contributed by atoms with Crippen molar-refractivity contribution in [1.29, 1.82) is 0 Å². The zero-order valence-corrected chi connectivity index (χ0v) is 17.0. The number of ether oxygens (including phenoxy) is 1. The third-order valence-electron chi connectivity index (χ3n) is 4.53. The first-order valence-corrected chi connectivity index (χ1v) is 10.7. The van der Waals surface area contributed by atoms with Gasteiger partial charge in [0, 0.05) is 6.20 Å². The molecule has 2 aromatic heterocycles. The van der Waals surface area contributed by atoms with Gasteiger partial charge in [0.2, 0.25) is 0 Å². The van der Waals surface area contributed by atoms with Gasteiger partial charge in [-0.15, -0.1) is 10.2 Å². The highest BCUT2D eigenvalue weighted by atomic mass is 32.2. The molecule has 154 valence electrons. The molecule has 0 unspecified atom stereocenters. The van der Waals surface area contributed by atoms with Gasteiger partial charge in [0.25, 0.3) is 10.0 Å². The second-order valence-corrected chi connectivity index (χ2v) is 8.39. The standard InChI is InChI=1S/C21H19FN4O3S/c1-2-29-19-9-7-18(8-10-19)26(13-16-3-5-17(22)6-4-16)30(27,28)20-11-12-21-24-23-15-25(21)14-20/h3-12,14-15H,2,13H2,1H3. The Labute approximate surface area is 173 Å². The maximum atomic E-state index is 13.5. The highest BCUT2D eigenvalue weighted by molar-refractivity contribution is 7.92. The van der Waals surface area contributed by atoms with Crippen LogP contribution >= 0.6 is 0 Å². The van der Waals surface area contributed by atoms with Crippen molar-refractivity contribution in [2.24, 2.45) is 0 Å². The molecule has 0 aliphatic rings. The Morgan fingerprint density at radius 2 is 1.77 bits per heavy atom. The van der Waals surface area contributed by atoms with Crippen LogP contribution in [0.2, 0.25) is 0 Å². The maximum absolute atomic E-state index is 13.5. The number of hydrogen-bond donors (Lipinski definition) is 0. The van der Waals surface area contributed by atoms with Gasteiger partial charge in [-0.05, 0) is 61.0 Å². The Morgan fingerprint density at radius 3 is 2.47 bits per heavy atom. The second-order valence-electron chi connectivity index (χ2n) is 6.53. The lowest BCUT2D eigenvalue weighted by molar-refractivity contribution is 0.340. The summed E-state index contributed by atoms with van der Waals surface area (Å²) in [5.41, 5.74) is 1.66. The number of anilines is 1. The number of nitrogens with zero attached hydrogens (tertiary/aromatic N) is 4. The fraction of sp³-hybridized carbons (Fsp3) is 0.143. The molecule has 0 bridgehead atoms. The summed E-state index contributed by atoms with van der Waals surface area (Å²) in [6, 6.07) is 15.6. The fourth-order valence-corrected chi connectivity index (χ4v) is 4.49. The Kier molecular flexibility index (Phi) is 5.37. The van der Waals surface area contributed by atoms with Crippen molar-refractivity contribution in [3.05, 3.63) is 84.6 Å². The van der Waals surface area contributed by atoms with E-state index in [0.29, 0.717) is 29.3 Å². The summed E-state index contributed by atoms with van der Waals surface area (Å²) >= 11 is 0. The van der Waals surface area contributed by atoms with Gasteiger partial charge in [-0.3, -0.25) is 8.71 Å². The van der Waals surface area contributed by atoms with E-state index < -0.39 is 10.0 Å². The van der Waals surface area contributed by atoms with Crippen LogP contribution in [0.25, 0.3) is 5.65 Å². The van der Waals surface area contributed by atoms with Crippen molar-refractivity contribution in [3.8, 4) is 5.75 Å². The van der Waals surface area contributed by atoms with Crippen molar-refractivity contribution >= 4 is 21.4 Å². The predicted molar refractivity (Wildman–Crippen MR) is 110 cm³/mol. The van der Waals surface area contributed by atoms with Crippen LogP contribution in [0.1, 0.15) is 12.5 Å². The van der Waals surface area contributed by atoms with E-state index in [0.717, 1.165) is 0 Å². The lowest BCUT2D eigenvalue weighted by Gasteiger charge is -2.25. The van der Waals surface area contributed by atoms with Gasteiger partial charge in [-0.2, -0.15) is 0 Å². The average Bonchev–Trinajstić information content (AvgIpc) is 3.22. The van der Waals surface area contributed by atoms with E-state index in [9.17, 15) is 12.8 Å². The molecule has 0 fully saturated rings. The molecule has 4 rings (SSSR count). The zero-order valence-electron chi connectivity index (χ0n) is 16.1. The third-order valence-corrected chi connectivity index (χ3v) is 6.28. The minimum absolute atomic E-state index is 0.0385. The second kappa shape index (κ2) is 8.11. The molecule has 7 nitrogen and oxygen atoms in total. The maximum Gasteiger partial charge on any atom is 0.266 e. The number of aromatic nitrogens is 3. The van der Waals surface area contributed by atoms with Crippen LogP contribution in [-0.2, 0) is 16.6 Å². The Morgan fingerprint density at radius 1 is 1.03 bits per heavy atom. The van der Waals surface area contributed by atoms with Crippen LogP contribution in [0.3, 0.4) is 0 Å². The SMILES string of the molecule is CCOc1ccc(N(Cc2ccc(F)cc2)S(=O)(=O)c2ccc3nncn3c2)cc1. The van der Waals surface area contributed by atoms with Crippen molar-refractivity contribution in [2.75, 3.05) is 10.9 Å². The predicted octanol–water partition coefficient (Wildman–Crippen LogP) is 3.66. The molecule has 0 amide bonds. The van der Waals surface area contributed by atoms with Crippen molar-refractivity contribution in [2.45, 2.75) is 18.4 Å². The Bertz CT molecular complexity index is 1260. The molecule has 0 N–H and O–H groups in total. The molecule has 0 atom stereocenters. The molecule has 2 heterocycles. The van der Waals surface area contributed by atoms with Gasteiger partial charge in [0.15, 0.2) is 5.65 Å². The van der Waals surface area contributed by atoms with Crippen LogP contribution in [0.4, 0.5) is 10.1 Å². The summed E-state index contributed by atoms with van der Waals surface area (Å²) in [7, 11) is -3.93. The van der Waals surface area contributed by atoms with Crippen molar-refractivity contribution < 1.29 is 17.5 Å². The smallest absolute Gasteiger partial charge is 0.266 e. The van der Waals surface area contributed by atoms with E-state index in [2.05, 4.69) is 10.2 Å². The minimum atomic E-state index is -3.93. The van der Waals surface area contributed by atoms with E-state index in [-0.39, 0.29) is 17.3 Å². The molecular formula is C21H19FN4O3S. The van der Waals surface area contributed by atoms with Crippen LogP contribution in [0.15, 0.2) is 78.1 Å². The quantitative estimate of drug-likeness (QED) is 0.451. The molecule has 0 saturated heterocycles. The summed E-state index contributed by atoms with van der Waals surface area (Å²) < 4.78 is 48.7. The summed E-state index contributed by atoms with van der Waals surface area (Å²) in [5.74, 6) is 0.263. The van der Waals surface area contributed by atoms with E-state index in [1.807, 2.05) is 6.92 Å². The van der Waals surface area contributed by atoms with Gasteiger partial charge in [-0.1, -0.05) is 12.1 Å². The zero-order chi connectivity index (χ0) is 21.1. The Hall–Kier alpha value is -3.46. The molecule has 4 aromatic rings. The molecule has 2 aromatic carbocycles. The first kappa shape index (κ1) is 19.8. The number of pyridine rings is 1. The van der Waals surface area contributed by atoms with Crippen molar-refractivity contribution in [3.63, 3.8) is 0 Å². The van der Waals surface area contributed by atoms with Crippen LogP contribution in [0, 0.1) is 5.82 Å². The lowest BCUT2D eigenvalue weighted by Crippen LogP contribution is -2.30. The molecule has 9 heteroatoms. The van der Waals surface area contributed by atoms with E-state index in [1.54, 1.807) is 46.9 Å². The van der Waals surface area contributed by atoms with E-state index in [4.69, 9.17) is 4.74 Å². The molecule has 30 heavy (non-hydrogen) atoms. The summed E-state index contributed by atoms with van der Waals surface area (Å²) in [5, 5.41) is 7.69. The van der Waals surface area contributed by atoms with Gasteiger partial charge < -0.3 is 4.74 Å². The summed E-state index contributed by atoms with van der Waals surface area (Å²) in [6.07, 6.45) is 2.91. The average molecular weight is 426 g/mol. The molecule has 0 aliphatic heterocycles. The monoisotopic (exact) mass is 426 g/mol. The molecular weight excluding hydrogens is 407 g/mol. The molecule has 0 saturated carbocycles. The Balaban J connectivity index is 1.77. The summed E-state index contributed by atoms with van der Waals surface area (Å²) in [4.78, 5) is 0.0887. The van der Waals surface area contributed by atoms with Crippen molar-refractivity contribution in [1.82, 2.24) is 14.6 Å². The number of fused-ring (bicyclic) bond motifs is 1. The molecule has 0 spiro atoms. The third kappa shape index (κ3) is 3.97. The minimum Gasteiger partial charge on any atom is -0.494 e. The summed E-state index contributed by atoms with van der Waals surface area (Å²) in [6.45, 7) is 2.42.